The normalized spacial score (nSPS) is 27.6. The van der Waals surface area contributed by atoms with E-state index in [1.165, 1.54) is 23.0 Å². The number of rotatable bonds is 4. The number of aromatic nitrogens is 3. The van der Waals surface area contributed by atoms with Crippen molar-refractivity contribution in [1.82, 2.24) is 14.6 Å². The molecular formula is C20H16N6O5. The predicted molar refractivity (Wildman–Crippen MR) is 103 cm³/mol. The molecule has 11 heteroatoms. The lowest BCUT2D eigenvalue weighted by atomic mass is 9.89. The lowest BCUT2D eigenvalue weighted by Crippen LogP contribution is -2.45. The molecule has 1 unspecified atom stereocenters. The van der Waals surface area contributed by atoms with Crippen LogP contribution in [0.2, 0.25) is 0 Å². The third-order valence-electron chi connectivity index (χ3n) is 5.41. The highest BCUT2D eigenvalue weighted by molar-refractivity contribution is 6.01. The lowest BCUT2D eigenvalue weighted by molar-refractivity contribution is -0.102. The van der Waals surface area contributed by atoms with Gasteiger partial charge >= 0.3 is 0 Å². The Morgan fingerprint density at radius 1 is 1.19 bits per heavy atom. The van der Waals surface area contributed by atoms with Crippen LogP contribution in [0.4, 0.5) is 0 Å². The van der Waals surface area contributed by atoms with Crippen molar-refractivity contribution in [3.05, 3.63) is 54.0 Å². The molecule has 4 atom stereocenters. The number of benzene rings is 1. The Labute approximate surface area is 175 Å². The van der Waals surface area contributed by atoms with Crippen molar-refractivity contribution in [2.75, 3.05) is 6.61 Å². The molecule has 1 aliphatic heterocycles. The zero-order valence-corrected chi connectivity index (χ0v) is 15.9. The van der Waals surface area contributed by atoms with Gasteiger partial charge in [-0.15, -0.1) is 0 Å². The molecule has 1 amide bonds. The maximum Gasteiger partial charge on any atom is 0.249 e. The SMILES string of the molecule is N#CC1(CO)O[C@@](C#N)(c2ccc3c(-c4ccccc4C(N)=O)ncnn23)[C@H](O)[C@@H]1O. The van der Waals surface area contributed by atoms with Gasteiger partial charge in [0.2, 0.25) is 17.1 Å². The van der Waals surface area contributed by atoms with E-state index in [0.29, 0.717) is 16.8 Å². The summed E-state index contributed by atoms with van der Waals surface area (Å²) < 4.78 is 6.80. The average Bonchev–Trinajstić information content (AvgIpc) is 3.33. The van der Waals surface area contributed by atoms with E-state index >= 15 is 0 Å². The Balaban J connectivity index is 1.95. The summed E-state index contributed by atoms with van der Waals surface area (Å²) >= 11 is 0. The molecule has 1 aromatic carbocycles. The number of ether oxygens (including phenoxy) is 1. The van der Waals surface area contributed by atoms with Crippen LogP contribution in [0.15, 0.2) is 42.7 Å². The summed E-state index contributed by atoms with van der Waals surface area (Å²) in [6.07, 6.45) is -2.54. The van der Waals surface area contributed by atoms with E-state index in [1.807, 2.05) is 6.07 Å². The lowest BCUT2D eigenvalue weighted by Gasteiger charge is -2.25. The highest BCUT2D eigenvalue weighted by atomic mass is 16.6. The summed E-state index contributed by atoms with van der Waals surface area (Å²) in [6.45, 7) is -0.944. The average molecular weight is 420 g/mol. The number of aliphatic hydroxyl groups is 3. The van der Waals surface area contributed by atoms with Crippen molar-refractivity contribution in [3.8, 4) is 23.4 Å². The van der Waals surface area contributed by atoms with Gasteiger partial charge in [-0.25, -0.2) is 9.50 Å². The molecule has 156 valence electrons. The van der Waals surface area contributed by atoms with Gasteiger partial charge < -0.3 is 25.8 Å². The van der Waals surface area contributed by atoms with Crippen molar-refractivity contribution in [2.24, 2.45) is 5.73 Å². The van der Waals surface area contributed by atoms with Crippen LogP contribution < -0.4 is 5.73 Å². The highest BCUT2D eigenvalue weighted by Gasteiger charge is 2.65. The minimum Gasteiger partial charge on any atom is -0.392 e. The number of nitrogens with two attached hydrogens (primary N) is 1. The predicted octanol–water partition coefficient (Wildman–Crippen LogP) is -0.779. The Kier molecular flexibility index (Phi) is 4.69. The van der Waals surface area contributed by atoms with Crippen LogP contribution in [0.25, 0.3) is 16.8 Å². The summed E-state index contributed by atoms with van der Waals surface area (Å²) in [4.78, 5) is 16.1. The molecule has 1 fully saturated rings. The van der Waals surface area contributed by atoms with Gasteiger partial charge in [-0.3, -0.25) is 4.79 Å². The van der Waals surface area contributed by atoms with Gasteiger partial charge in [0.25, 0.3) is 0 Å². The number of nitriles is 2. The molecule has 31 heavy (non-hydrogen) atoms. The summed E-state index contributed by atoms with van der Waals surface area (Å²) in [5.41, 5.74) is 2.38. The molecular weight excluding hydrogens is 404 g/mol. The first-order chi connectivity index (χ1) is 14.8. The molecule has 1 saturated heterocycles. The fraction of sp³-hybridized carbons (Fsp3) is 0.250. The minimum absolute atomic E-state index is 0.00216. The van der Waals surface area contributed by atoms with Crippen molar-refractivity contribution >= 4 is 11.4 Å². The fourth-order valence-electron chi connectivity index (χ4n) is 3.81. The van der Waals surface area contributed by atoms with E-state index in [-0.39, 0.29) is 11.3 Å². The Hall–Kier alpha value is -3.87. The molecule has 2 aromatic heterocycles. The largest absolute Gasteiger partial charge is 0.392 e. The van der Waals surface area contributed by atoms with E-state index in [9.17, 15) is 30.6 Å². The number of nitrogens with zero attached hydrogens (tertiary/aromatic N) is 5. The Bertz CT molecular complexity index is 1280. The van der Waals surface area contributed by atoms with Gasteiger partial charge in [0, 0.05) is 11.1 Å². The first kappa shape index (κ1) is 20.4. The second kappa shape index (κ2) is 7.12. The third kappa shape index (κ3) is 2.70. The molecule has 0 radical (unpaired) electrons. The molecule has 3 heterocycles. The zero-order chi connectivity index (χ0) is 22.4. The van der Waals surface area contributed by atoms with Crippen molar-refractivity contribution in [2.45, 2.75) is 23.4 Å². The molecule has 1 aliphatic rings. The quantitative estimate of drug-likeness (QED) is 0.419. The fourth-order valence-corrected chi connectivity index (χ4v) is 3.81. The Morgan fingerprint density at radius 2 is 1.94 bits per heavy atom. The standard InChI is InChI=1S/C20H16N6O5/c21-7-19(9-27)16(28)17(29)20(8-22,31-19)14-6-5-13-15(24-10-25-26(13)14)11-3-1-2-4-12(11)18(23)30/h1-6,10,16-17,27-29H,9H2,(H2,23,30)/t16-,17+,19?,20-/m0/s1. The molecule has 4 rings (SSSR count). The second-order valence-corrected chi connectivity index (χ2v) is 7.03. The van der Waals surface area contributed by atoms with E-state index in [4.69, 9.17) is 10.5 Å². The summed E-state index contributed by atoms with van der Waals surface area (Å²) in [6, 6.07) is 12.9. The van der Waals surface area contributed by atoms with Gasteiger partial charge in [-0.05, 0) is 18.2 Å². The molecule has 3 aromatic rings. The summed E-state index contributed by atoms with van der Waals surface area (Å²) in [5, 5.41) is 54.1. The molecule has 0 saturated carbocycles. The van der Waals surface area contributed by atoms with E-state index in [1.54, 1.807) is 30.3 Å². The number of carbonyl (C=O) groups excluding carboxylic acids is 1. The summed E-state index contributed by atoms with van der Waals surface area (Å²) in [5.74, 6) is -0.660. The van der Waals surface area contributed by atoms with Crippen molar-refractivity contribution in [3.63, 3.8) is 0 Å². The van der Waals surface area contributed by atoms with Gasteiger partial charge in [0.1, 0.15) is 30.7 Å². The smallest absolute Gasteiger partial charge is 0.249 e. The van der Waals surface area contributed by atoms with Gasteiger partial charge in [0.05, 0.1) is 23.5 Å². The molecule has 0 spiro atoms. The first-order valence-corrected chi connectivity index (χ1v) is 9.07. The molecule has 5 N–H and O–H groups in total. The van der Waals surface area contributed by atoms with Crippen LogP contribution in [0.3, 0.4) is 0 Å². The maximum absolute atomic E-state index is 11.9. The number of hydrogen-bond donors (Lipinski definition) is 4. The highest BCUT2D eigenvalue weighted by Crippen LogP contribution is 2.45. The minimum atomic E-state index is -2.21. The van der Waals surface area contributed by atoms with Crippen molar-refractivity contribution in [1.29, 1.82) is 10.5 Å². The van der Waals surface area contributed by atoms with Crippen LogP contribution in [0.1, 0.15) is 16.1 Å². The third-order valence-corrected chi connectivity index (χ3v) is 5.41. The molecule has 11 nitrogen and oxygen atoms in total. The zero-order valence-electron chi connectivity index (χ0n) is 15.9. The van der Waals surface area contributed by atoms with Gasteiger partial charge in [-0.2, -0.15) is 15.6 Å². The molecule has 0 bridgehead atoms. The van der Waals surface area contributed by atoms with Crippen LogP contribution in [-0.4, -0.2) is 60.2 Å². The van der Waals surface area contributed by atoms with E-state index < -0.39 is 35.9 Å². The van der Waals surface area contributed by atoms with Crippen LogP contribution >= 0.6 is 0 Å². The monoisotopic (exact) mass is 420 g/mol. The number of primary amides is 1. The second-order valence-electron chi connectivity index (χ2n) is 7.03. The van der Waals surface area contributed by atoms with E-state index in [2.05, 4.69) is 10.1 Å². The van der Waals surface area contributed by atoms with Gasteiger partial charge in [0.15, 0.2) is 0 Å². The number of aliphatic hydroxyl groups excluding tert-OH is 3. The van der Waals surface area contributed by atoms with Crippen LogP contribution in [-0.2, 0) is 10.3 Å². The maximum atomic E-state index is 11.9. The van der Waals surface area contributed by atoms with Crippen LogP contribution in [0.5, 0.6) is 0 Å². The number of hydrogen-bond acceptors (Lipinski definition) is 9. The van der Waals surface area contributed by atoms with Crippen LogP contribution in [0, 0.1) is 22.7 Å². The molecule has 0 aliphatic carbocycles. The summed E-state index contributed by atoms with van der Waals surface area (Å²) in [7, 11) is 0. The Morgan fingerprint density at radius 3 is 2.55 bits per heavy atom. The number of amides is 1. The number of fused-ring (bicyclic) bond motifs is 1. The first-order valence-electron chi connectivity index (χ1n) is 9.07. The topological polar surface area (TPSA) is 191 Å². The number of carbonyl (C=O) groups is 1. The van der Waals surface area contributed by atoms with Crippen molar-refractivity contribution < 1.29 is 24.9 Å². The van der Waals surface area contributed by atoms with E-state index in [0.717, 1.165) is 0 Å². The van der Waals surface area contributed by atoms with Gasteiger partial charge in [-0.1, -0.05) is 18.2 Å².